The molecule has 4 nitrogen and oxygen atoms in total. The lowest BCUT2D eigenvalue weighted by molar-refractivity contribution is 0.219. The third kappa shape index (κ3) is 2.89. The van der Waals surface area contributed by atoms with Crippen LogP contribution in [0.4, 0.5) is 4.39 Å². The lowest BCUT2D eigenvalue weighted by Gasteiger charge is -2.21. The van der Waals surface area contributed by atoms with Crippen molar-refractivity contribution < 1.29 is 9.13 Å². The topological polar surface area (TPSA) is 37.2 Å². The molecule has 1 heterocycles. The van der Waals surface area contributed by atoms with Crippen LogP contribution in [0.1, 0.15) is 0 Å². The van der Waals surface area contributed by atoms with Crippen molar-refractivity contribution in [3.8, 4) is 5.75 Å². The van der Waals surface area contributed by atoms with E-state index in [4.69, 9.17) is 17.0 Å². The van der Waals surface area contributed by atoms with Gasteiger partial charge in [-0.15, -0.1) is 11.7 Å². The van der Waals surface area contributed by atoms with Gasteiger partial charge in [-0.1, -0.05) is 6.08 Å². The first-order valence-electron chi connectivity index (χ1n) is 5.41. The molecular weight excluding hydrogens is 253 g/mol. The number of nitrogens with zero attached hydrogens (tertiary/aromatic N) is 3. The molecule has 0 N–H and O–H groups in total. The minimum atomic E-state index is -0.294. The van der Waals surface area contributed by atoms with Crippen LogP contribution in [0.15, 0.2) is 47.1 Å². The van der Waals surface area contributed by atoms with Gasteiger partial charge in [-0.2, -0.15) is 5.11 Å². The van der Waals surface area contributed by atoms with Gasteiger partial charge >= 0.3 is 0 Å². The predicted molar refractivity (Wildman–Crippen MR) is 70.0 cm³/mol. The Morgan fingerprint density at radius 1 is 1.44 bits per heavy atom. The summed E-state index contributed by atoms with van der Waals surface area (Å²) >= 11 is 5.04. The van der Waals surface area contributed by atoms with E-state index in [0.717, 1.165) is 0 Å². The molecule has 1 atom stereocenters. The second-order valence-corrected chi connectivity index (χ2v) is 4.05. The lowest BCUT2D eigenvalue weighted by Crippen LogP contribution is -2.36. The normalized spacial score (nSPS) is 18.2. The summed E-state index contributed by atoms with van der Waals surface area (Å²) in [5, 5.41) is 8.28. The first-order valence-corrected chi connectivity index (χ1v) is 5.82. The van der Waals surface area contributed by atoms with E-state index in [2.05, 4.69) is 16.8 Å². The number of halogens is 1. The van der Waals surface area contributed by atoms with Gasteiger partial charge in [-0.05, 0) is 36.5 Å². The number of azo groups is 1. The summed E-state index contributed by atoms with van der Waals surface area (Å²) in [6, 6.07) is 5.82. The molecule has 0 radical (unpaired) electrons. The smallest absolute Gasteiger partial charge is 0.218 e. The zero-order valence-corrected chi connectivity index (χ0v) is 10.4. The summed E-state index contributed by atoms with van der Waals surface area (Å²) in [5.41, 5.74) is 0. The molecule has 0 saturated carbocycles. The second-order valence-electron chi connectivity index (χ2n) is 3.68. The van der Waals surface area contributed by atoms with Gasteiger partial charge in [0.05, 0.1) is 0 Å². The number of rotatable bonds is 5. The first kappa shape index (κ1) is 12.6. The van der Waals surface area contributed by atoms with Crippen molar-refractivity contribution in [3.63, 3.8) is 0 Å². The van der Waals surface area contributed by atoms with Crippen molar-refractivity contribution in [1.82, 2.24) is 4.90 Å². The molecule has 0 aromatic heterocycles. The van der Waals surface area contributed by atoms with Gasteiger partial charge in [0.25, 0.3) is 0 Å². The standard InChI is InChI=1S/C12H12FN3OS/c1-2-7-16-11(14-15-12(16)18)8-17-10-5-3-9(13)4-6-10/h2-6,11H,1,7-8H2. The van der Waals surface area contributed by atoms with Gasteiger partial charge < -0.3 is 9.64 Å². The predicted octanol–water partition coefficient (Wildman–Crippen LogP) is 2.77. The molecule has 0 saturated heterocycles. The largest absolute Gasteiger partial charge is 0.489 e. The van der Waals surface area contributed by atoms with Crippen molar-refractivity contribution in [1.29, 1.82) is 0 Å². The molecule has 0 amide bonds. The third-order valence-electron chi connectivity index (χ3n) is 2.42. The summed E-state index contributed by atoms with van der Waals surface area (Å²) in [4.78, 5) is 1.81. The van der Waals surface area contributed by atoms with E-state index in [9.17, 15) is 4.39 Å². The van der Waals surface area contributed by atoms with Gasteiger partial charge in [-0.25, -0.2) is 4.39 Å². The van der Waals surface area contributed by atoms with E-state index in [1.54, 1.807) is 18.2 Å². The Balaban J connectivity index is 1.93. The fourth-order valence-corrected chi connectivity index (χ4v) is 1.77. The highest BCUT2D eigenvalue weighted by Crippen LogP contribution is 2.16. The highest BCUT2D eigenvalue weighted by Gasteiger charge is 2.25. The zero-order valence-electron chi connectivity index (χ0n) is 9.62. The molecule has 1 aromatic carbocycles. The van der Waals surface area contributed by atoms with Crippen LogP contribution in [0, 0.1) is 5.82 Å². The molecule has 1 aromatic rings. The maximum absolute atomic E-state index is 12.7. The van der Waals surface area contributed by atoms with E-state index in [1.165, 1.54) is 12.1 Å². The quantitative estimate of drug-likeness (QED) is 0.607. The Labute approximate surface area is 110 Å². The molecule has 2 rings (SSSR count). The molecule has 18 heavy (non-hydrogen) atoms. The highest BCUT2D eigenvalue weighted by atomic mass is 32.1. The fourth-order valence-electron chi connectivity index (χ4n) is 1.53. The molecule has 0 aliphatic carbocycles. The van der Waals surface area contributed by atoms with Crippen LogP contribution in [-0.4, -0.2) is 29.3 Å². The summed E-state index contributed by atoms with van der Waals surface area (Å²) in [6.45, 7) is 4.54. The monoisotopic (exact) mass is 265 g/mol. The van der Waals surface area contributed by atoms with E-state index >= 15 is 0 Å². The summed E-state index contributed by atoms with van der Waals surface area (Å²) in [5.74, 6) is 0.292. The van der Waals surface area contributed by atoms with Crippen molar-refractivity contribution in [2.45, 2.75) is 6.17 Å². The van der Waals surface area contributed by atoms with Crippen molar-refractivity contribution in [2.75, 3.05) is 13.2 Å². The number of hydrogen-bond acceptors (Lipinski definition) is 3. The molecule has 0 spiro atoms. The van der Waals surface area contributed by atoms with Gasteiger partial charge in [-0.3, -0.25) is 0 Å². The summed E-state index contributed by atoms with van der Waals surface area (Å²) in [7, 11) is 0. The number of benzene rings is 1. The Hall–Kier alpha value is -1.82. The molecule has 0 bridgehead atoms. The third-order valence-corrected chi connectivity index (χ3v) is 2.74. The minimum absolute atomic E-state index is 0.249. The number of thiocarbonyl (C=S) groups is 1. The molecule has 6 heteroatoms. The van der Waals surface area contributed by atoms with Crippen molar-refractivity contribution in [2.24, 2.45) is 10.2 Å². The Bertz CT molecular complexity index is 475. The van der Waals surface area contributed by atoms with Crippen LogP contribution < -0.4 is 4.74 Å². The summed E-state index contributed by atoms with van der Waals surface area (Å²) < 4.78 is 18.2. The molecule has 1 unspecified atom stereocenters. The maximum Gasteiger partial charge on any atom is 0.218 e. The average molecular weight is 265 g/mol. The van der Waals surface area contributed by atoms with Crippen molar-refractivity contribution >= 4 is 17.3 Å². The number of hydrogen-bond donors (Lipinski definition) is 0. The van der Waals surface area contributed by atoms with Gasteiger partial charge in [0.15, 0.2) is 6.17 Å². The molecular formula is C12H12FN3OS. The number of ether oxygens (including phenoxy) is 1. The minimum Gasteiger partial charge on any atom is -0.489 e. The van der Waals surface area contributed by atoms with Crippen LogP contribution in [-0.2, 0) is 0 Å². The van der Waals surface area contributed by atoms with E-state index in [1.807, 2.05) is 4.90 Å². The zero-order chi connectivity index (χ0) is 13.0. The highest BCUT2D eigenvalue weighted by molar-refractivity contribution is 7.80. The second kappa shape index (κ2) is 5.68. The van der Waals surface area contributed by atoms with Crippen LogP contribution >= 0.6 is 12.2 Å². The average Bonchev–Trinajstić information content (AvgIpc) is 2.71. The van der Waals surface area contributed by atoms with E-state index in [0.29, 0.717) is 24.0 Å². The van der Waals surface area contributed by atoms with Crippen LogP contribution in [0.2, 0.25) is 0 Å². The first-order chi connectivity index (χ1) is 8.70. The Morgan fingerprint density at radius 3 is 2.83 bits per heavy atom. The van der Waals surface area contributed by atoms with Crippen molar-refractivity contribution in [3.05, 3.63) is 42.7 Å². The van der Waals surface area contributed by atoms with Gasteiger partial charge in [0, 0.05) is 6.54 Å². The Kier molecular flexibility index (Phi) is 3.99. The van der Waals surface area contributed by atoms with Crippen LogP contribution in [0.5, 0.6) is 5.75 Å². The molecule has 94 valence electrons. The summed E-state index contributed by atoms with van der Waals surface area (Å²) in [6.07, 6.45) is 1.48. The molecule has 0 fully saturated rings. The lowest BCUT2D eigenvalue weighted by atomic mass is 10.3. The van der Waals surface area contributed by atoms with Crippen LogP contribution in [0.3, 0.4) is 0 Å². The molecule has 1 aliphatic rings. The SMILES string of the molecule is C=CCN1C(=S)N=NC1COc1ccc(F)cc1. The molecule has 1 aliphatic heterocycles. The van der Waals surface area contributed by atoms with Gasteiger partial charge in [0.1, 0.15) is 18.2 Å². The van der Waals surface area contributed by atoms with Crippen LogP contribution in [0.25, 0.3) is 0 Å². The maximum atomic E-state index is 12.7. The Morgan fingerprint density at radius 2 is 2.17 bits per heavy atom. The fraction of sp³-hybridized carbons (Fsp3) is 0.250. The van der Waals surface area contributed by atoms with E-state index in [-0.39, 0.29) is 12.0 Å². The van der Waals surface area contributed by atoms with Gasteiger partial charge in [0.2, 0.25) is 5.11 Å². The van der Waals surface area contributed by atoms with E-state index < -0.39 is 0 Å².